The Morgan fingerprint density at radius 1 is 0.500 bits per heavy atom. The lowest BCUT2D eigenvalue weighted by atomic mass is 9.91. The Hall–Kier alpha value is -5.50. The molecule has 1 aliphatic carbocycles. The van der Waals surface area contributed by atoms with Gasteiger partial charge < -0.3 is 28.4 Å². The second-order valence-electron chi connectivity index (χ2n) is 12.6. The summed E-state index contributed by atoms with van der Waals surface area (Å²) in [7, 11) is 2.71. The number of allylic oxidation sites excluding steroid dienone is 2. The molecule has 0 heterocycles. The first-order valence-corrected chi connectivity index (χ1v) is 17.7. The summed E-state index contributed by atoms with van der Waals surface area (Å²) >= 11 is 0. The molecule has 0 aliphatic heterocycles. The minimum Gasteiger partial charge on any atom is -0.493 e. The zero-order valence-corrected chi connectivity index (χ0v) is 30.2. The minimum atomic E-state index is -0.462. The normalized spacial score (nSPS) is 11.9. The molecule has 4 aromatic rings. The van der Waals surface area contributed by atoms with Gasteiger partial charge in [-0.25, -0.2) is 9.59 Å². The van der Waals surface area contributed by atoms with Gasteiger partial charge in [0, 0.05) is 25.7 Å². The van der Waals surface area contributed by atoms with Crippen molar-refractivity contribution in [2.45, 2.75) is 51.4 Å². The predicted octanol–water partition coefficient (Wildman–Crippen LogP) is 8.16. The average Bonchev–Trinajstić information content (AvgIpc) is 3.15. The molecule has 0 radical (unpaired) electrons. The quantitative estimate of drug-likeness (QED) is 0.0578. The van der Waals surface area contributed by atoms with Crippen molar-refractivity contribution in [1.29, 1.82) is 0 Å². The lowest BCUT2D eigenvalue weighted by Gasteiger charge is -2.22. The monoisotopic (exact) mass is 704 g/mol. The van der Waals surface area contributed by atoms with Crippen molar-refractivity contribution in [2.24, 2.45) is 0 Å². The molecule has 0 saturated heterocycles. The maximum absolute atomic E-state index is 12.4. The van der Waals surface area contributed by atoms with Gasteiger partial charge in [-0.05, 0) is 70.2 Å². The number of unbranched alkanes of at least 4 members (excludes halogenated alkanes) is 2. The SMILES string of the molecule is C=CCCCOc1c2cccc1Cc1cccc(c1OCC(=O)OC)Cc1cccc(c1OCCCC=C)Cc1cccc(c1OCC(=O)OC)C2. The largest absolute Gasteiger partial charge is 0.493 e. The van der Waals surface area contributed by atoms with Crippen molar-refractivity contribution in [3.63, 3.8) is 0 Å². The summed E-state index contributed by atoms with van der Waals surface area (Å²) in [6.07, 6.45) is 9.05. The van der Waals surface area contributed by atoms with Crippen LogP contribution in [0.2, 0.25) is 0 Å². The summed E-state index contributed by atoms with van der Waals surface area (Å²) in [6.45, 7) is 8.30. The molecular formula is C44H48O8. The van der Waals surface area contributed by atoms with E-state index in [1.54, 1.807) is 0 Å². The molecule has 0 N–H and O–H groups in total. The number of hydrogen-bond acceptors (Lipinski definition) is 8. The lowest BCUT2D eigenvalue weighted by molar-refractivity contribution is -0.143. The van der Waals surface area contributed by atoms with E-state index in [4.69, 9.17) is 28.4 Å². The standard InChI is InChI=1S/C44H48O8/c1-5-7-9-23-49-41-31-15-11-16-32(41)26-36-20-14-22-38(44(36)52-30-40(46)48-4)28-34-18-12-17-33(42(34)50-24-10-8-6-2)27-37-21-13-19-35(25-31)43(37)51-29-39(45)47-3/h5-6,11-22H,1-2,7-10,23-30H2,3-4H3. The summed E-state index contributed by atoms with van der Waals surface area (Å²) in [5.41, 5.74) is 7.56. The Bertz CT molecular complexity index is 1640. The fourth-order valence-electron chi connectivity index (χ4n) is 6.41. The lowest BCUT2D eigenvalue weighted by Crippen LogP contribution is -2.15. The fourth-order valence-corrected chi connectivity index (χ4v) is 6.41. The van der Waals surface area contributed by atoms with Gasteiger partial charge in [0.1, 0.15) is 23.0 Å². The molecule has 0 aromatic heterocycles. The molecule has 0 atom stereocenters. The third-order valence-corrected chi connectivity index (χ3v) is 8.96. The van der Waals surface area contributed by atoms with Gasteiger partial charge in [-0.2, -0.15) is 0 Å². The molecule has 0 amide bonds. The van der Waals surface area contributed by atoms with Crippen LogP contribution in [-0.2, 0) is 44.7 Å². The van der Waals surface area contributed by atoms with Gasteiger partial charge >= 0.3 is 11.9 Å². The number of para-hydroxylation sites is 4. The second kappa shape index (κ2) is 19.2. The zero-order chi connectivity index (χ0) is 36.7. The van der Waals surface area contributed by atoms with E-state index in [1.807, 2.05) is 60.7 Å². The van der Waals surface area contributed by atoms with Gasteiger partial charge in [0.25, 0.3) is 0 Å². The number of benzene rings is 4. The number of rotatable bonds is 16. The van der Waals surface area contributed by atoms with E-state index in [0.717, 1.165) is 81.7 Å². The topological polar surface area (TPSA) is 89.5 Å². The smallest absolute Gasteiger partial charge is 0.343 e. The van der Waals surface area contributed by atoms with Crippen LogP contribution in [0.4, 0.5) is 0 Å². The van der Waals surface area contributed by atoms with Crippen molar-refractivity contribution < 1.29 is 38.0 Å². The first kappa shape index (κ1) is 37.7. The van der Waals surface area contributed by atoms with Crippen LogP contribution in [0.5, 0.6) is 23.0 Å². The molecular weight excluding hydrogens is 656 g/mol. The molecule has 8 heteroatoms. The molecule has 0 spiro atoms. The van der Waals surface area contributed by atoms with E-state index in [0.29, 0.717) is 50.4 Å². The highest BCUT2D eigenvalue weighted by Gasteiger charge is 2.22. The third kappa shape index (κ3) is 9.84. The van der Waals surface area contributed by atoms with E-state index in [9.17, 15) is 9.59 Å². The van der Waals surface area contributed by atoms with Crippen molar-refractivity contribution in [3.8, 4) is 23.0 Å². The van der Waals surface area contributed by atoms with Gasteiger partial charge in [0.05, 0.1) is 27.4 Å². The maximum atomic E-state index is 12.4. The highest BCUT2D eigenvalue weighted by Crippen LogP contribution is 2.39. The molecule has 5 rings (SSSR count). The number of hydrogen-bond donors (Lipinski definition) is 0. The van der Waals surface area contributed by atoms with E-state index in [2.05, 4.69) is 37.4 Å². The van der Waals surface area contributed by atoms with Crippen molar-refractivity contribution in [2.75, 3.05) is 40.6 Å². The Morgan fingerprint density at radius 3 is 1.02 bits per heavy atom. The Kier molecular flexibility index (Phi) is 13.9. The minimum absolute atomic E-state index is 0.223. The first-order valence-electron chi connectivity index (χ1n) is 17.7. The van der Waals surface area contributed by atoms with Crippen LogP contribution in [0.1, 0.15) is 70.2 Å². The number of methoxy groups -OCH3 is 2. The number of carbonyl (C=O) groups is 2. The number of carbonyl (C=O) groups excluding carboxylic acids is 2. The molecule has 0 fully saturated rings. The molecule has 1 aliphatic rings. The van der Waals surface area contributed by atoms with Crippen LogP contribution in [0.15, 0.2) is 98.1 Å². The molecule has 272 valence electrons. The van der Waals surface area contributed by atoms with Crippen LogP contribution < -0.4 is 18.9 Å². The van der Waals surface area contributed by atoms with Gasteiger partial charge in [0.2, 0.25) is 0 Å². The maximum Gasteiger partial charge on any atom is 0.343 e. The molecule has 52 heavy (non-hydrogen) atoms. The predicted molar refractivity (Wildman–Crippen MR) is 202 cm³/mol. The van der Waals surface area contributed by atoms with E-state index < -0.39 is 11.9 Å². The van der Waals surface area contributed by atoms with Crippen LogP contribution in [0.25, 0.3) is 0 Å². The second-order valence-corrected chi connectivity index (χ2v) is 12.6. The Balaban J connectivity index is 1.71. The van der Waals surface area contributed by atoms with Gasteiger partial charge in [0.15, 0.2) is 13.2 Å². The van der Waals surface area contributed by atoms with Crippen LogP contribution in [-0.4, -0.2) is 52.6 Å². The van der Waals surface area contributed by atoms with Gasteiger partial charge in [-0.15, -0.1) is 13.2 Å². The fraction of sp³-hybridized carbons (Fsp3) is 0.318. The summed E-state index contributed by atoms with van der Waals surface area (Å²) in [6, 6.07) is 24.5. The van der Waals surface area contributed by atoms with Crippen LogP contribution in [0.3, 0.4) is 0 Å². The molecule has 8 bridgehead atoms. The molecule has 0 unspecified atom stereocenters. The molecule has 4 aromatic carbocycles. The van der Waals surface area contributed by atoms with E-state index in [1.165, 1.54) is 14.2 Å². The third-order valence-electron chi connectivity index (χ3n) is 8.96. The van der Waals surface area contributed by atoms with Crippen LogP contribution in [0, 0.1) is 0 Å². The molecule has 8 nitrogen and oxygen atoms in total. The van der Waals surface area contributed by atoms with Gasteiger partial charge in [-0.1, -0.05) is 84.9 Å². The number of esters is 2. The zero-order valence-electron chi connectivity index (χ0n) is 30.2. The highest BCUT2D eigenvalue weighted by molar-refractivity contribution is 5.71. The van der Waals surface area contributed by atoms with E-state index in [-0.39, 0.29) is 13.2 Å². The van der Waals surface area contributed by atoms with Gasteiger partial charge in [-0.3, -0.25) is 0 Å². The summed E-state index contributed by atoms with van der Waals surface area (Å²) < 4.78 is 35.6. The Morgan fingerprint density at radius 2 is 0.769 bits per heavy atom. The number of ether oxygens (including phenoxy) is 6. The van der Waals surface area contributed by atoms with Crippen molar-refractivity contribution >= 4 is 11.9 Å². The highest BCUT2D eigenvalue weighted by atomic mass is 16.6. The first-order chi connectivity index (χ1) is 25.4. The Labute approximate surface area is 307 Å². The molecule has 0 saturated carbocycles. The van der Waals surface area contributed by atoms with Crippen molar-refractivity contribution in [1.82, 2.24) is 0 Å². The summed E-state index contributed by atoms with van der Waals surface area (Å²) in [5.74, 6) is 1.91. The van der Waals surface area contributed by atoms with Crippen molar-refractivity contribution in [3.05, 3.63) is 143 Å². The average molecular weight is 705 g/mol. The van der Waals surface area contributed by atoms with Crippen LogP contribution >= 0.6 is 0 Å². The number of fused-ring (bicyclic) bond motifs is 8. The van der Waals surface area contributed by atoms with E-state index >= 15 is 0 Å². The summed E-state index contributed by atoms with van der Waals surface area (Å²) in [4.78, 5) is 24.7. The summed E-state index contributed by atoms with van der Waals surface area (Å²) in [5, 5.41) is 0.